The summed E-state index contributed by atoms with van der Waals surface area (Å²) in [5.41, 5.74) is 2.25. The van der Waals surface area contributed by atoms with Gasteiger partial charge in [-0.25, -0.2) is 4.98 Å². The van der Waals surface area contributed by atoms with Crippen LogP contribution in [0.25, 0.3) is 0 Å². The molecular formula is C14H22BrN5O. The molecule has 0 aliphatic heterocycles. The third-order valence-corrected chi connectivity index (χ3v) is 4.31. The van der Waals surface area contributed by atoms with Crippen LogP contribution < -0.4 is 5.32 Å². The third-order valence-electron chi connectivity index (χ3n) is 3.39. The lowest BCUT2D eigenvalue weighted by Crippen LogP contribution is -2.21. The molecule has 0 atom stereocenters. The molecule has 2 heterocycles. The molecule has 116 valence electrons. The molecule has 0 bridgehead atoms. The first kappa shape index (κ1) is 16.2. The number of halogens is 1. The van der Waals surface area contributed by atoms with Gasteiger partial charge in [0.05, 0.1) is 35.6 Å². The zero-order chi connectivity index (χ0) is 15.2. The van der Waals surface area contributed by atoms with Crippen molar-refractivity contribution in [1.29, 1.82) is 0 Å². The normalized spacial score (nSPS) is 11.2. The minimum atomic E-state index is 0.702. The lowest BCUT2D eigenvalue weighted by atomic mass is 10.3. The topological polar surface area (TPSA) is 56.9 Å². The average molecular weight is 356 g/mol. The maximum Gasteiger partial charge on any atom is 0.123 e. The van der Waals surface area contributed by atoms with E-state index in [1.165, 1.54) is 0 Å². The van der Waals surface area contributed by atoms with Crippen molar-refractivity contribution in [1.82, 2.24) is 24.6 Å². The largest absolute Gasteiger partial charge is 0.383 e. The summed E-state index contributed by atoms with van der Waals surface area (Å²) in [6.45, 7) is 5.11. The van der Waals surface area contributed by atoms with Crippen LogP contribution in [0.4, 0.5) is 0 Å². The van der Waals surface area contributed by atoms with Crippen molar-refractivity contribution in [2.75, 3.05) is 20.3 Å². The molecule has 2 rings (SSSR count). The van der Waals surface area contributed by atoms with Gasteiger partial charge >= 0.3 is 0 Å². The number of hydrogen-bond acceptors (Lipinski definition) is 4. The second kappa shape index (κ2) is 7.72. The molecular weight excluding hydrogens is 334 g/mol. The van der Waals surface area contributed by atoms with Gasteiger partial charge in [0.2, 0.25) is 0 Å². The second-order valence-electron chi connectivity index (χ2n) is 4.83. The summed E-state index contributed by atoms with van der Waals surface area (Å²) in [5, 5.41) is 7.85. The molecule has 2 aromatic rings. The fraction of sp³-hybridized carbons (Fsp3) is 0.571. The number of hydrogen-bond donors (Lipinski definition) is 1. The van der Waals surface area contributed by atoms with Crippen LogP contribution >= 0.6 is 15.9 Å². The van der Waals surface area contributed by atoms with Crippen LogP contribution in [0.15, 0.2) is 16.9 Å². The van der Waals surface area contributed by atoms with E-state index >= 15 is 0 Å². The third kappa shape index (κ3) is 3.93. The van der Waals surface area contributed by atoms with Gasteiger partial charge in [0.1, 0.15) is 5.82 Å². The number of methoxy groups -OCH3 is 1. The van der Waals surface area contributed by atoms with E-state index in [0.29, 0.717) is 6.61 Å². The van der Waals surface area contributed by atoms with Crippen LogP contribution in [-0.2, 0) is 31.3 Å². The van der Waals surface area contributed by atoms with Crippen molar-refractivity contribution in [2.24, 2.45) is 7.05 Å². The first-order chi connectivity index (χ1) is 10.2. The number of rotatable bonds is 8. The Morgan fingerprint density at radius 2 is 2.24 bits per heavy atom. The molecule has 2 aromatic heterocycles. The summed E-state index contributed by atoms with van der Waals surface area (Å²) in [5.74, 6) is 1.01. The van der Waals surface area contributed by atoms with Crippen molar-refractivity contribution in [3.05, 3.63) is 34.1 Å². The molecule has 1 N–H and O–H groups in total. The predicted octanol–water partition coefficient (Wildman–Crippen LogP) is 1.73. The molecule has 0 saturated heterocycles. The van der Waals surface area contributed by atoms with E-state index in [2.05, 4.69) is 42.8 Å². The molecule has 0 aliphatic carbocycles. The van der Waals surface area contributed by atoms with E-state index in [1.807, 2.05) is 24.1 Å². The van der Waals surface area contributed by atoms with E-state index in [-0.39, 0.29) is 0 Å². The predicted molar refractivity (Wildman–Crippen MR) is 85.2 cm³/mol. The Bertz CT molecular complexity index is 578. The monoisotopic (exact) mass is 355 g/mol. The molecule has 6 nitrogen and oxygen atoms in total. The van der Waals surface area contributed by atoms with Gasteiger partial charge in [-0.2, -0.15) is 5.10 Å². The summed E-state index contributed by atoms with van der Waals surface area (Å²) >= 11 is 3.66. The van der Waals surface area contributed by atoms with Crippen molar-refractivity contribution in [3.63, 3.8) is 0 Å². The Hall–Kier alpha value is -1.18. The molecule has 0 aliphatic rings. The standard InChI is InChI=1S/C14H22BrN5O/c1-4-11-14(15)12(19(2)18-11)10-20-7-5-17-13(20)9-16-6-8-21-3/h5,7,16H,4,6,8-10H2,1-3H3. The Labute approximate surface area is 133 Å². The summed E-state index contributed by atoms with van der Waals surface area (Å²) in [7, 11) is 3.68. The summed E-state index contributed by atoms with van der Waals surface area (Å²) in [6.07, 6.45) is 4.75. The minimum Gasteiger partial charge on any atom is -0.383 e. The van der Waals surface area contributed by atoms with Gasteiger partial charge in [0.15, 0.2) is 0 Å². The Morgan fingerprint density at radius 3 is 2.90 bits per heavy atom. The van der Waals surface area contributed by atoms with E-state index in [0.717, 1.165) is 47.7 Å². The fourth-order valence-electron chi connectivity index (χ4n) is 2.18. The maximum absolute atomic E-state index is 5.03. The highest BCUT2D eigenvalue weighted by Crippen LogP contribution is 2.22. The van der Waals surface area contributed by atoms with Gasteiger partial charge in [-0.3, -0.25) is 4.68 Å². The van der Waals surface area contributed by atoms with Crippen molar-refractivity contribution >= 4 is 15.9 Å². The van der Waals surface area contributed by atoms with Gasteiger partial charge in [-0.15, -0.1) is 0 Å². The first-order valence-corrected chi connectivity index (χ1v) is 7.86. The van der Waals surface area contributed by atoms with Gasteiger partial charge < -0.3 is 14.6 Å². The van der Waals surface area contributed by atoms with Crippen LogP contribution in [0.5, 0.6) is 0 Å². The molecule has 0 spiro atoms. The lowest BCUT2D eigenvalue weighted by molar-refractivity contribution is 0.199. The van der Waals surface area contributed by atoms with E-state index in [4.69, 9.17) is 4.74 Å². The Morgan fingerprint density at radius 1 is 1.43 bits per heavy atom. The molecule has 0 fully saturated rings. The smallest absolute Gasteiger partial charge is 0.123 e. The number of aromatic nitrogens is 4. The van der Waals surface area contributed by atoms with Crippen molar-refractivity contribution < 1.29 is 4.74 Å². The van der Waals surface area contributed by atoms with Crippen molar-refractivity contribution in [3.8, 4) is 0 Å². The number of imidazole rings is 1. The second-order valence-corrected chi connectivity index (χ2v) is 5.62. The van der Waals surface area contributed by atoms with Crippen LogP contribution in [0.3, 0.4) is 0 Å². The summed E-state index contributed by atoms with van der Waals surface area (Å²) in [4.78, 5) is 4.41. The van der Waals surface area contributed by atoms with Gasteiger partial charge in [-0.05, 0) is 22.4 Å². The minimum absolute atomic E-state index is 0.702. The lowest BCUT2D eigenvalue weighted by Gasteiger charge is -2.09. The molecule has 0 aromatic carbocycles. The first-order valence-electron chi connectivity index (χ1n) is 7.07. The zero-order valence-corrected chi connectivity index (χ0v) is 14.4. The number of nitrogens with one attached hydrogen (secondary N) is 1. The highest BCUT2D eigenvalue weighted by molar-refractivity contribution is 9.10. The average Bonchev–Trinajstić information content (AvgIpc) is 3.03. The van der Waals surface area contributed by atoms with E-state index in [9.17, 15) is 0 Å². The summed E-state index contributed by atoms with van der Waals surface area (Å²) in [6, 6.07) is 0. The fourth-order valence-corrected chi connectivity index (χ4v) is 2.92. The molecule has 0 saturated carbocycles. The van der Waals surface area contributed by atoms with Crippen molar-refractivity contribution in [2.45, 2.75) is 26.4 Å². The number of nitrogens with zero attached hydrogens (tertiary/aromatic N) is 4. The maximum atomic E-state index is 5.03. The Balaban J connectivity index is 2.07. The highest BCUT2D eigenvalue weighted by atomic mass is 79.9. The van der Waals surface area contributed by atoms with Crippen LogP contribution in [0, 0.1) is 0 Å². The summed E-state index contributed by atoms with van der Waals surface area (Å²) < 4.78 is 10.2. The Kier molecular flexibility index (Phi) is 5.96. The number of aryl methyl sites for hydroxylation is 2. The van der Waals surface area contributed by atoms with E-state index in [1.54, 1.807) is 7.11 Å². The molecule has 7 heteroatoms. The van der Waals surface area contributed by atoms with Crippen LogP contribution in [-0.4, -0.2) is 39.6 Å². The van der Waals surface area contributed by atoms with E-state index < -0.39 is 0 Å². The highest BCUT2D eigenvalue weighted by Gasteiger charge is 2.14. The SMILES string of the molecule is CCc1nn(C)c(Cn2ccnc2CNCCOC)c1Br. The quantitative estimate of drug-likeness (QED) is 0.732. The van der Waals surface area contributed by atoms with Crippen LogP contribution in [0.2, 0.25) is 0 Å². The molecule has 0 amide bonds. The van der Waals surface area contributed by atoms with Gasteiger partial charge in [0, 0.05) is 33.1 Å². The molecule has 0 radical (unpaired) electrons. The molecule has 21 heavy (non-hydrogen) atoms. The van der Waals surface area contributed by atoms with Gasteiger partial charge in [-0.1, -0.05) is 6.92 Å². The number of ether oxygens (including phenoxy) is 1. The van der Waals surface area contributed by atoms with Gasteiger partial charge in [0.25, 0.3) is 0 Å². The zero-order valence-electron chi connectivity index (χ0n) is 12.8. The molecule has 0 unspecified atom stereocenters. The van der Waals surface area contributed by atoms with Crippen LogP contribution in [0.1, 0.15) is 24.1 Å².